The van der Waals surface area contributed by atoms with E-state index in [1.807, 2.05) is 0 Å². The summed E-state index contributed by atoms with van der Waals surface area (Å²) in [4.78, 5) is 26.6. The van der Waals surface area contributed by atoms with Crippen LogP contribution in [0.4, 0.5) is 0 Å². The summed E-state index contributed by atoms with van der Waals surface area (Å²) in [6.07, 6.45) is 1.36. The normalized spacial score (nSPS) is 11.5. The fraction of sp³-hybridized carbons (Fsp3) is 0.0588. The van der Waals surface area contributed by atoms with E-state index in [0.29, 0.717) is 22.9 Å². The van der Waals surface area contributed by atoms with Gasteiger partial charge in [-0.2, -0.15) is 0 Å². The molecule has 0 saturated carbocycles. The lowest BCUT2D eigenvalue weighted by molar-refractivity contribution is -0.131. The number of aliphatic carboxylic acids is 1. The lowest BCUT2D eigenvalue weighted by atomic mass is 10.1. The van der Waals surface area contributed by atoms with Crippen LogP contribution in [0.5, 0.6) is 0 Å². The van der Waals surface area contributed by atoms with Gasteiger partial charge in [0.2, 0.25) is 5.16 Å². The van der Waals surface area contributed by atoms with E-state index in [2.05, 4.69) is 15.2 Å². The Morgan fingerprint density at radius 3 is 2.69 bits per heavy atom. The Bertz CT molecular complexity index is 1010. The van der Waals surface area contributed by atoms with Crippen LogP contribution in [0.15, 0.2) is 50.9 Å². The fourth-order valence-corrected chi connectivity index (χ4v) is 2.85. The molecule has 0 aliphatic rings. The SMILES string of the molecule is Cc1nc(S/C(=C/c2ccc(-c3cccc(C(=O)O)c3)o2)C(=O)O)n[nH]1. The van der Waals surface area contributed by atoms with Gasteiger partial charge in [-0.1, -0.05) is 12.1 Å². The van der Waals surface area contributed by atoms with Crippen molar-refractivity contribution in [1.29, 1.82) is 0 Å². The molecule has 9 heteroatoms. The van der Waals surface area contributed by atoms with Crippen molar-refractivity contribution in [2.45, 2.75) is 12.1 Å². The Morgan fingerprint density at radius 2 is 2.04 bits per heavy atom. The molecule has 26 heavy (non-hydrogen) atoms. The molecule has 0 unspecified atom stereocenters. The number of hydrogen-bond acceptors (Lipinski definition) is 6. The quantitative estimate of drug-likeness (QED) is 0.445. The Labute approximate surface area is 151 Å². The van der Waals surface area contributed by atoms with Gasteiger partial charge in [0.05, 0.1) is 5.56 Å². The van der Waals surface area contributed by atoms with Gasteiger partial charge in [-0.05, 0) is 43.0 Å². The predicted molar refractivity (Wildman–Crippen MR) is 93.7 cm³/mol. The predicted octanol–water partition coefficient (Wildman–Crippen LogP) is 3.29. The average Bonchev–Trinajstić information content (AvgIpc) is 3.23. The molecule has 0 amide bonds. The molecular weight excluding hydrogens is 358 g/mol. The monoisotopic (exact) mass is 371 g/mol. The molecule has 0 saturated heterocycles. The molecular formula is C17H13N3O5S. The fourth-order valence-electron chi connectivity index (χ4n) is 2.12. The third-order valence-corrected chi connectivity index (χ3v) is 4.16. The van der Waals surface area contributed by atoms with Crippen molar-refractivity contribution >= 4 is 29.8 Å². The number of aromatic carboxylic acids is 1. The maximum Gasteiger partial charge on any atom is 0.342 e. The third kappa shape index (κ3) is 4.01. The molecule has 0 fully saturated rings. The zero-order valence-corrected chi connectivity index (χ0v) is 14.3. The van der Waals surface area contributed by atoms with Gasteiger partial charge in [-0.15, -0.1) is 5.10 Å². The van der Waals surface area contributed by atoms with Crippen molar-refractivity contribution in [2.24, 2.45) is 0 Å². The van der Waals surface area contributed by atoms with Crippen LogP contribution < -0.4 is 0 Å². The number of carboxylic acid groups (broad SMARTS) is 2. The lowest BCUT2D eigenvalue weighted by Gasteiger charge is -2.00. The minimum atomic E-state index is -1.14. The highest BCUT2D eigenvalue weighted by molar-refractivity contribution is 8.04. The Kier molecular flexibility index (Phi) is 4.90. The minimum Gasteiger partial charge on any atom is -0.478 e. The van der Waals surface area contributed by atoms with Crippen molar-refractivity contribution in [1.82, 2.24) is 15.2 Å². The van der Waals surface area contributed by atoms with E-state index >= 15 is 0 Å². The van der Waals surface area contributed by atoms with Crippen molar-refractivity contribution in [3.63, 3.8) is 0 Å². The van der Waals surface area contributed by atoms with E-state index in [1.165, 1.54) is 18.2 Å². The molecule has 2 aromatic heterocycles. The second-order valence-electron chi connectivity index (χ2n) is 5.21. The van der Waals surface area contributed by atoms with Crippen LogP contribution in [0, 0.1) is 6.92 Å². The summed E-state index contributed by atoms with van der Waals surface area (Å²) < 4.78 is 5.63. The lowest BCUT2D eigenvalue weighted by Crippen LogP contribution is -1.97. The number of rotatable bonds is 6. The number of aryl methyl sites for hydroxylation is 1. The summed E-state index contributed by atoms with van der Waals surface area (Å²) in [5.41, 5.74) is 0.719. The summed E-state index contributed by atoms with van der Waals surface area (Å²) in [5, 5.41) is 25.3. The highest BCUT2D eigenvalue weighted by Crippen LogP contribution is 2.28. The molecule has 0 aliphatic heterocycles. The summed E-state index contributed by atoms with van der Waals surface area (Å²) in [7, 11) is 0. The zero-order chi connectivity index (χ0) is 18.7. The first-order valence-electron chi connectivity index (χ1n) is 7.38. The van der Waals surface area contributed by atoms with Gasteiger partial charge < -0.3 is 14.6 Å². The van der Waals surface area contributed by atoms with Gasteiger partial charge >= 0.3 is 11.9 Å². The largest absolute Gasteiger partial charge is 0.478 e. The number of benzene rings is 1. The number of carboxylic acids is 2. The van der Waals surface area contributed by atoms with Crippen LogP contribution in [0.2, 0.25) is 0 Å². The van der Waals surface area contributed by atoms with Gasteiger partial charge in [-0.25, -0.2) is 14.6 Å². The van der Waals surface area contributed by atoms with Crippen LogP contribution in [0.1, 0.15) is 21.9 Å². The molecule has 8 nitrogen and oxygen atoms in total. The molecule has 3 aromatic rings. The summed E-state index contributed by atoms with van der Waals surface area (Å²) >= 11 is 0.894. The third-order valence-electron chi connectivity index (χ3n) is 3.28. The maximum absolute atomic E-state index is 11.4. The summed E-state index contributed by atoms with van der Waals surface area (Å²) in [5.74, 6) is -0.843. The van der Waals surface area contributed by atoms with Crippen molar-refractivity contribution in [2.75, 3.05) is 0 Å². The topological polar surface area (TPSA) is 129 Å². The number of thioether (sulfide) groups is 1. The van der Waals surface area contributed by atoms with Crippen LogP contribution in [-0.4, -0.2) is 37.3 Å². The maximum atomic E-state index is 11.4. The summed E-state index contributed by atoms with van der Waals surface area (Å²) in [6.45, 7) is 1.71. The van der Waals surface area contributed by atoms with Crippen LogP contribution in [0.25, 0.3) is 17.4 Å². The van der Waals surface area contributed by atoms with E-state index in [0.717, 1.165) is 11.8 Å². The van der Waals surface area contributed by atoms with Crippen molar-refractivity contribution in [3.05, 3.63) is 58.5 Å². The standard InChI is InChI=1S/C17H13N3O5S/c1-9-18-17(20-19-9)26-14(16(23)24)8-12-5-6-13(25-12)10-3-2-4-11(7-10)15(21)22/h2-8H,1H3,(H,21,22)(H,23,24)(H,18,19,20)/b14-8+. The molecule has 132 valence electrons. The molecule has 0 bridgehead atoms. The number of nitrogens with one attached hydrogen (secondary N) is 1. The number of aromatic nitrogens is 3. The number of H-pyrrole nitrogens is 1. The molecule has 0 aliphatic carbocycles. The van der Waals surface area contributed by atoms with Gasteiger partial charge in [0.15, 0.2) is 0 Å². The molecule has 0 spiro atoms. The van der Waals surface area contributed by atoms with Gasteiger partial charge in [0, 0.05) is 11.6 Å². The average molecular weight is 371 g/mol. The Balaban J connectivity index is 1.87. The summed E-state index contributed by atoms with van der Waals surface area (Å²) in [6, 6.07) is 9.54. The zero-order valence-electron chi connectivity index (χ0n) is 13.5. The van der Waals surface area contributed by atoms with E-state index in [1.54, 1.807) is 31.2 Å². The first kappa shape index (κ1) is 17.5. The molecule has 2 heterocycles. The van der Waals surface area contributed by atoms with Gasteiger partial charge in [0.25, 0.3) is 0 Å². The van der Waals surface area contributed by atoms with Crippen molar-refractivity contribution < 1.29 is 24.2 Å². The smallest absolute Gasteiger partial charge is 0.342 e. The van der Waals surface area contributed by atoms with E-state index in [4.69, 9.17) is 9.52 Å². The second kappa shape index (κ2) is 7.28. The highest BCUT2D eigenvalue weighted by Gasteiger charge is 2.15. The molecule has 0 atom stereocenters. The van der Waals surface area contributed by atoms with Gasteiger partial charge in [-0.3, -0.25) is 5.10 Å². The number of aromatic amines is 1. The first-order valence-corrected chi connectivity index (χ1v) is 8.19. The Morgan fingerprint density at radius 1 is 1.23 bits per heavy atom. The van der Waals surface area contributed by atoms with E-state index in [-0.39, 0.29) is 15.6 Å². The van der Waals surface area contributed by atoms with Gasteiger partial charge in [0.1, 0.15) is 22.3 Å². The van der Waals surface area contributed by atoms with Crippen LogP contribution in [0.3, 0.4) is 0 Å². The molecule has 0 radical (unpaired) electrons. The van der Waals surface area contributed by atoms with E-state index < -0.39 is 11.9 Å². The number of furan rings is 1. The molecule has 3 rings (SSSR count). The van der Waals surface area contributed by atoms with Crippen LogP contribution >= 0.6 is 11.8 Å². The Hall–Kier alpha value is -3.33. The number of nitrogens with zero attached hydrogens (tertiary/aromatic N) is 2. The first-order chi connectivity index (χ1) is 12.4. The van der Waals surface area contributed by atoms with E-state index in [9.17, 15) is 14.7 Å². The number of hydrogen-bond donors (Lipinski definition) is 3. The molecule has 1 aromatic carbocycles. The minimum absolute atomic E-state index is 0.0100. The second-order valence-corrected chi connectivity index (χ2v) is 6.22. The number of carbonyl (C=O) groups is 2. The highest BCUT2D eigenvalue weighted by atomic mass is 32.2. The van der Waals surface area contributed by atoms with Crippen LogP contribution in [-0.2, 0) is 4.79 Å². The van der Waals surface area contributed by atoms with Crippen molar-refractivity contribution in [3.8, 4) is 11.3 Å². The molecule has 3 N–H and O–H groups in total.